The van der Waals surface area contributed by atoms with Crippen molar-refractivity contribution in [2.24, 2.45) is 10.2 Å². The number of rotatable bonds is 6. The maximum Gasteiger partial charge on any atom is 0.295 e. The maximum atomic E-state index is 12.3. The van der Waals surface area contributed by atoms with Crippen LogP contribution < -0.4 is 0 Å². The highest BCUT2D eigenvalue weighted by atomic mass is 16.6. The van der Waals surface area contributed by atoms with Crippen molar-refractivity contribution in [3.05, 3.63) is 63.7 Å². The van der Waals surface area contributed by atoms with Crippen LogP contribution in [0.3, 0.4) is 0 Å². The van der Waals surface area contributed by atoms with E-state index in [1.165, 1.54) is 24.3 Å². The molecule has 0 aliphatic heterocycles. The number of aromatic hydroxyl groups is 1. The summed E-state index contributed by atoms with van der Waals surface area (Å²) in [6.45, 7) is 4.63. The average Bonchev–Trinajstić information content (AvgIpc) is 2.94. The zero-order valence-electron chi connectivity index (χ0n) is 15.6. The molecule has 3 aromatic rings. The van der Waals surface area contributed by atoms with Gasteiger partial charge in [-0.25, -0.2) is 0 Å². The molecule has 1 aromatic heterocycles. The number of unbranched alkanes of at least 4 members (excludes halogenated alkanes) is 1. The molecule has 0 radical (unpaired) electrons. The van der Waals surface area contributed by atoms with Gasteiger partial charge in [0.25, 0.3) is 11.6 Å². The predicted molar refractivity (Wildman–Crippen MR) is 105 cm³/mol. The second-order valence-corrected chi connectivity index (χ2v) is 6.51. The summed E-state index contributed by atoms with van der Waals surface area (Å²) in [6, 6.07) is 10.9. The molecule has 8 nitrogen and oxygen atoms in total. The van der Waals surface area contributed by atoms with E-state index >= 15 is 0 Å². The van der Waals surface area contributed by atoms with Crippen LogP contribution in [0.4, 0.5) is 11.4 Å². The predicted octanol–water partition coefficient (Wildman–Crippen LogP) is 5.29. The van der Waals surface area contributed by atoms with Crippen molar-refractivity contribution in [3.8, 4) is 5.88 Å². The molecule has 2 aromatic carbocycles. The van der Waals surface area contributed by atoms with Gasteiger partial charge < -0.3 is 9.67 Å². The summed E-state index contributed by atoms with van der Waals surface area (Å²) in [6.07, 6.45) is 1.87. The van der Waals surface area contributed by atoms with E-state index < -0.39 is 10.8 Å². The lowest BCUT2D eigenvalue weighted by Crippen LogP contribution is -1.96. The second-order valence-electron chi connectivity index (χ2n) is 6.51. The molecule has 0 saturated heterocycles. The fraction of sp³-hybridized carbons (Fsp3) is 0.250. The number of amides is 1. The van der Waals surface area contributed by atoms with Crippen molar-refractivity contribution in [2.45, 2.75) is 33.2 Å². The summed E-state index contributed by atoms with van der Waals surface area (Å²) in [4.78, 5) is 22.4. The fourth-order valence-corrected chi connectivity index (χ4v) is 2.96. The molecule has 0 fully saturated rings. The Bertz CT molecular complexity index is 1070. The first kappa shape index (κ1) is 19.2. The van der Waals surface area contributed by atoms with E-state index in [4.69, 9.17) is 0 Å². The van der Waals surface area contributed by atoms with Gasteiger partial charge >= 0.3 is 0 Å². The normalized spacial score (nSPS) is 11.4. The Morgan fingerprint density at radius 1 is 1.21 bits per heavy atom. The zero-order chi connectivity index (χ0) is 20.3. The average molecular weight is 380 g/mol. The van der Waals surface area contributed by atoms with Crippen LogP contribution >= 0.6 is 0 Å². The number of carbonyl (C=O) groups is 1. The van der Waals surface area contributed by atoms with Crippen LogP contribution in [-0.2, 0) is 6.54 Å². The first-order chi connectivity index (χ1) is 13.4. The van der Waals surface area contributed by atoms with Crippen molar-refractivity contribution >= 4 is 28.2 Å². The molecule has 3 rings (SSSR count). The van der Waals surface area contributed by atoms with E-state index in [2.05, 4.69) is 17.2 Å². The third kappa shape index (κ3) is 3.75. The topological polar surface area (TPSA) is 110 Å². The quantitative estimate of drug-likeness (QED) is 0.356. The Balaban J connectivity index is 1.96. The molecule has 1 N–H and O–H groups in total. The molecule has 8 heteroatoms. The van der Waals surface area contributed by atoms with Crippen LogP contribution in [0.2, 0.25) is 0 Å². The van der Waals surface area contributed by atoms with Crippen LogP contribution in [0.5, 0.6) is 5.88 Å². The molecule has 0 atom stereocenters. The smallest absolute Gasteiger partial charge is 0.295 e. The number of benzene rings is 2. The van der Waals surface area contributed by atoms with Gasteiger partial charge in [-0.05, 0) is 37.6 Å². The van der Waals surface area contributed by atoms with Crippen molar-refractivity contribution in [1.29, 1.82) is 0 Å². The van der Waals surface area contributed by atoms with E-state index in [-0.39, 0.29) is 22.8 Å². The monoisotopic (exact) mass is 380 g/mol. The van der Waals surface area contributed by atoms with E-state index in [9.17, 15) is 20.0 Å². The molecular weight excluding hydrogens is 360 g/mol. The van der Waals surface area contributed by atoms with Gasteiger partial charge in [0, 0.05) is 29.6 Å². The lowest BCUT2D eigenvalue weighted by atomic mass is 10.1. The molecular formula is C20H20N4O4. The molecule has 144 valence electrons. The van der Waals surface area contributed by atoms with E-state index in [1.807, 2.05) is 25.1 Å². The van der Waals surface area contributed by atoms with Gasteiger partial charge in [-0.3, -0.25) is 14.9 Å². The fourth-order valence-electron chi connectivity index (χ4n) is 2.96. The summed E-state index contributed by atoms with van der Waals surface area (Å²) in [5.41, 5.74) is 2.14. The number of azo groups is 1. The highest BCUT2D eigenvalue weighted by Gasteiger charge is 2.17. The Hall–Kier alpha value is -3.55. The summed E-state index contributed by atoms with van der Waals surface area (Å²) in [7, 11) is 0. The van der Waals surface area contributed by atoms with E-state index in [0.717, 1.165) is 23.9 Å². The number of aromatic nitrogens is 1. The van der Waals surface area contributed by atoms with Gasteiger partial charge in [-0.1, -0.05) is 25.0 Å². The molecule has 0 saturated carbocycles. The molecule has 0 aliphatic carbocycles. The van der Waals surface area contributed by atoms with Gasteiger partial charge in [-0.2, -0.15) is 0 Å². The van der Waals surface area contributed by atoms with Crippen molar-refractivity contribution < 1.29 is 14.8 Å². The number of hydrogen-bond donors (Lipinski definition) is 1. The van der Waals surface area contributed by atoms with Crippen LogP contribution in [0.25, 0.3) is 10.9 Å². The van der Waals surface area contributed by atoms with Crippen LogP contribution in [0.15, 0.2) is 52.7 Å². The van der Waals surface area contributed by atoms with Gasteiger partial charge in [0.2, 0.25) is 5.88 Å². The first-order valence-corrected chi connectivity index (χ1v) is 8.94. The standard InChI is InChI=1S/C20H20N4O4/c1-3-4-11-23-17-10-5-13(2)12-16(17)18(20(23)26)21-22-19(25)14-6-8-15(9-7-14)24(27)28/h5-10,12,26H,3-4,11H2,1-2H3. The zero-order valence-corrected chi connectivity index (χ0v) is 15.6. The van der Waals surface area contributed by atoms with Crippen molar-refractivity contribution in [3.63, 3.8) is 0 Å². The SMILES string of the molecule is CCCCn1c(O)c(N=NC(=O)c2ccc([N+](=O)[O-])cc2)c2cc(C)ccc21. The number of non-ortho nitro benzene ring substituents is 1. The summed E-state index contributed by atoms with van der Waals surface area (Å²) < 4.78 is 1.77. The summed E-state index contributed by atoms with van der Waals surface area (Å²) in [5, 5.41) is 29.8. The summed E-state index contributed by atoms with van der Waals surface area (Å²) in [5.74, 6) is -0.675. The molecule has 0 unspecified atom stereocenters. The van der Waals surface area contributed by atoms with Gasteiger partial charge in [0.1, 0.15) is 0 Å². The van der Waals surface area contributed by atoms with Gasteiger partial charge in [0.15, 0.2) is 5.69 Å². The minimum atomic E-state index is -0.642. The molecule has 1 heterocycles. The summed E-state index contributed by atoms with van der Waals surface area (Å²) >= 11 is 0. The molecule has 0 bridgehead atoms. The minimum absolute atomic E-state index is 0.0331. The molecule has 28 heavy (non-hydrogen) atoms. The third-order valence-electron chi connectivity index (χ3n) is 4.47. The lowest BCUT2D eigenvalue weighted by molar-refractivity contribution is -0.384. The van der Waals surface area contributed by atoms with Crippen LogP contribution in [0, 0.1) is 17.0 Å². The molecule has 1 amide bonds. The Morgan fingerprint density at radius 2 is 1.93 bits per heavy atom. The highest BCUT2D eigenvalue weighted by Crippen LogP contribution is 2.39. The number of nitro groups is 1. The number of fused-ring (bicyclic) bond motifs is 1. The molecule has 0 spiro atoms. The minimum Gasteiger partial charge on any atom is -0.493 e. The van der Waals surface area contributed by atoms with E-state index in [0.29, 0.717) is 11.9 Å². The highest BCUT2D eigenvalue weighted by molar-refractivity contribution is 5.97. The number of carbonyl (C=O) groups excluding carboxylic acids is 1. The van der Waals surface area contributed by atoms with Crippen LogP contribution in [0.1, 0.15) is 35.7 Å². The Morgan fingerprint density at radius 3 is 2.57 bits per heavy atom. The maximum absolute atomic E-state index is 12.3. The largest absolute Gasteiger partial charge is 0.493 e. The van der Waals surface area contributed by atoms with Gasteiger partial charge in [0.05, 0.1) is 10.4 Å². The Kier molecular flexibility index (Phi) is 5.49. The number of nitro benzene ring substituents is 1. The number of aryl methyl sites for hydroxylation is 2. The van der Waals surface area contributed by atoms with Crippen LogP contribution in [-0.4, -0.2) is 20.5 Å². The van der Waals surface area contributed by atoms with Crippen molar-refractivity contribution in [1.82, 2.24) is 4.57 Å². The number of hydrogen-bond acceptors (Lipinski definition) is 5. The van der Waals surface area contributed by atoms with E-state index in [1.54, 1.807) is 4.57 Å². The van der Waals surface area contributed by atoms with Crippen molar-refractivity contribution in [2.75, 3.05) is 0 Å². The van der Waals surface area contributed by atoms with Gasteiger partial charge in [-0.15, -0.1) is 10.2 Å². The first-order valence-electron chi connectivity index (χ1n) is 8.94. The lowest BCUT2D eigenvalue weighted by Gasteiger charge is -2.05. The number of nitrogens with zero attached hydrogens (tertiary/aromatic N) is 4. The molecule has 0 aliphatic rings. The Labute approximate surface area is 161 Å². The third-order valence-corrected chi connectivity index (χ3v) is 4.47. The second kappa shape index (κ2) is 7.99.